The molecule has 0 rings (SSSR count). The first kappa shape index (κ1) is 16.8. The van der Waals surface area contributed by atoms with E-state index in [0.717, 1.165) is 0 Å². The Bertz CT molecular complexity index is 105. The summed E-state index contributed by atoms with van der Waals surface area (Å²) in [5.74, 6) is -2.44. The standard InChI is InChI=1S/2C2H5NO2.Fe/c2*3-1-2(4)5;/h2*1,3H2,(H,4,5);/q;;+4/p-2. The number of rotatable bonds is 2. The Morgan fingerprint density at radius 1 is 1.00 bits per heavy atom. The minimum Gasteiger partial charge on any atom is -0.549 e. The molecule has 0 fully saturated rings. The molecule has 0 saturated heterocycles. The van der Waals surface area contributed by atoms with E-state index in [1.54, 1.807) is 0 Å². The number of carbonyl (C=O) groups excluding carboxylic acids is 2. The molecule has 0 heterocycles. The largest absolute Gasteiger partial charge is 4.00 e. The zero-order valence-electron chi connectivity index (χ0n) is 5.56. The summed E-state index contributed by atoms with van der Waals surface area (Å²) < 4.78 is 0. The fraction of sp³-hybridized carbons (Fsp3) is 0.500. The normalized spacial score (nSPS) is 6.73. The molecular weight excluding hydrogens is 196 g/mol. The Morgan fingerprint density at radius 2 is 1.09 bits per heavy atom. The molecule has 0 aromatic heterocycles. The van der Waals surface area contributed by atoms with Crippen LogP contribution in [0.3, 0.4) is 0 Å². The van der Waals surface area contributed by atoms with E-state index >= 15 is 0 Å². The summed E-state index contributed by atoms with van der Waals surface area (Å²) in [5, 5.41) is 18.3. The second-order valence-corrected chi connectivity index (χ2v) is 1.15. The fourth-order valence-corrected chi connectivity index (χ4v) is 0. The molecule has 4 N–H and O–H groups in total. The van der Waals surface area contributed by atoms with E-state index in [2.05, 4.69) is 11.5 Å². The van der Waals surface area contributed by atoms with Gasteiger partial charge in [0.05, 0.1) is 11.9 Å². The van der Waals surface area contributed by atoms with Gasteiger partial charge in [-0.05, 0) is 0 Å². The Balaban J connectivity index is -0.000000107. The van der Waals surface area contributed by atoms with Crippen LogP contribution in [0.5, 0.6) is 0 Å². The van der Waals surface area contributed by atoms with Gasteiger partial charge >= 0.3 is 17.1 Å². The molecule has 0 amide bonds. The third kappa shape index (κ3) is 44.7. The maximum absolute atomic E-state index is 9.13. The van der Waals surface area contributed by atoms with Gasteiger partial charge in [0, 0.05) is 13.1 Å². The van der Waals surface area contributed by atoms with E-state index in [9.17, 15) is 0 Å². The maximum Gasteiger partial charge on any atom is 4.00 e. The van der Waals surface area contributed by atoms with Crippen LogP contribution in [0.2, 0.25) is 0 Å². The zero-order valence-corrected chi connectivity index (χ0v) is 6.66. The summed E-state index contributed by atoms with van der Waals surface area (Å²) in [6.07, 6.45) is 0. The number of carboxylic acid groups (broad SMARTS) is 2. The van der Waals surface area contributed by atoms with Crippen LogP contribution in [0.15, 0.2) is 0 Å². The minimum atomic E-state index is -1.22. The zero-order chi connectivity index (χ0) is 8.57. The maximum atomic E-state index is 9.13. The molecule has 0 aliphatic heterocycles. The average molecular weight is 204 g/mol. The van der Waals surface area contributed by atoms with Crippen molar-refractivity contribution in [3.05, 3.63) is 0 Å². The molecule has 0 bridgehead atoms. The van der Waals surface area contributed by atoms with Crippen LogP contribution in [-0.4, -0.2) is 25.0 Å². The van der Waals surface area contributed by atoms with E-state index in [-0.39, 0.29) is 30.2 Å². The van der Waals surface area contributed by atoms with Gasteiger partial charge < -0.3 is 31.3 Å². The van der Waals surface area contributed by atoms with Crippen LogP contribution in [-0.2, 0) is 26.7 Å². The molecule has 11 heavy (non-hydrogen) atoms. The Hall–Kier alpha value is -0.621. The van der Waals surface area contributed by atoms with Crippen molar-refractivity contribution in [2.45, 2.75) is 0 Å². The fourth-order valence-electron chi connectivity index (χ4n) is 0. The third-order valence-electron chi connectivity index (χ3n) is 0.333. The SMILES string of the molecule is NCC(=O)[O-].NCC(=O)[O-].[Fe+4]. The molecule has 0 aromatic carbocycles. The first-order chi connectivity index (χ1) is 4.54. The molecule has 0 aliphatic rings. The van der Waals surface area contributed by atoms with Gasteiger partial charge in [-0.3, -0.25) is 0 Å². The van der Waals surface area contributed by atoms with Gasteiger partial charge in [0.15, 0.2) is 0 Å². The van der Waals surface area contributed by atoms with Crippen molar-refractivity contribution in [3.63, 3.8) is 0 Å². The number of hydrogen-bond acceptors (Lipinski definition) is 6. The summed E-state index contributed by atoms with van der Waals surface area (Å²) >= 11 is 0. The monoisotopic (exact) mass is 204 g/mol. The summed E-state index contributed by atoms with van der Waals surface area (Å²) in [4.78, 5) is 18.3. The van der Waals surface area contributed by atoms with Crippen molar-refractivity contribution in [1.29, 1.82) is 0 Å². The Labute approximate surface area is 74.0 Å². The van der Waals surface area contributed by atoms with Crippen molar-refractivity contribution in [3.8, 4) is 0 Å². The summed E-state index contributed by atoms with van der Waals surface area (Å²) in [7, 11) is 0. The molecule has 0 aliphatic carbocycles. The first-order valence-corrected chi connectivity index (χ1v) is 2.34. The van der Waals surface area contributed by atoms with Crippen molar-refractivity contribution in [2.24, 2.45) is 11.5 Å². The molecule has 0 saturated carbocycles. The topological polar surface area (TPSA) is 132 Å². The van der Waals surface area contributed by atoms with Gasteiger partial charge in [-0.15, -0.1) is 0 Å². The molecule has 64 valence electrons. The van der Waals surface area contributed by atoms with Crippen LogP contribution < -0.4 is 21.7 Å². The molecule has 0 unspecified atom stereocenters. The van der Waals surface area contributed by atoms with Crippen LogP contribution in [0.1, 0.15) is 0 Å². The third-order valence-corrected chi connectivity index (χ3v) is 0.333. The molecule has 7 heteroatoms. The number of nitrogens with two attached hydrogens (primary N) is 2. The summed E-state index contributed by atoms with van der Waals surface area (Å²) in [6, 6.07) is 0. The molecule has 0 aromatic rings. The van der Waals surface area contributed by atoms with Crippen molar-refractivity contribution in [2.75, 3.05) is 13.1 Å². The molecule has 0 atom stereocenters. The number of carboxylic acids is 2. The molecule has 0 radical (unpaired) electrons. The van der Waals surface area contributed by atoms with E-state index in [4.69, 9.17) is 19.8 Å². The predicted octanol–water partition coefficient (Wildman–Crippen LogP) is -4.61. The second kappa shape index (κ2) is 12.1. The number of hydrogen-bond donors (Lipinski definition) is 2. The van der Waals surface area contributed by atoms with Gasteiger partial charge in [0.1, 0.15) is 0 Å². The summed E-state index contributed by atoms with van der Waals surface area (Å²) in [5.41, 5.74) is 9.02. The molecule has 6 nitrogen and oxygen atoms in total. The predicted molar refractivity (Wildman–Crippen MR) is 28.1 cm³/mol. The number of aliphatic carboxylic acids is 2. The molecule has 0 spiro atoms. The van der Waals surface area contributed by atoms with Crippen molar-refractivity contribution in [1.82, 2.24) is 0 Å². The molecular formula is C4H8FeN2O4+2. The quantitative estimate of drug-likeness (QED) is 0.434. The first-order valence-electron chi connectivity index (χ1n) is 2.34. The van der Waals surface area contributed by atoms with Gasteiger partial charge in [0.25, 0.3) is 0 Å². The second-order valence-electron chi connectivity index (χ2n) is 1.15. The van der Waals surface area contributed by atoms with E-state index in [1.807, 2.05) is 0 Å². The van der Waals surface area contributed by atoms with Gasteiger partial charge in [-0.2, -0.15) is 0 Å². The van der Waals surface area contributed by atoms with Crippen LogP contribution in [0, 0.1) is 0 Å². The van der Waals surface area contributed by atoms with Crippen LogP contribution >= 0.6 is 0 Å². The van der Waals surface area contributed by atoms with E-state index < -0.39 is 11.9 Å². The van der Waals surface area contributed by atoms with Crippen molar-refractivity contribution < 1.29 is 36.9 Å². The van der Waals surface area contributed by atoms with Gasteiger partial charge in [-0.1, -0.05) is 0 Å². The Kier molecular flexibility index (Phi) is 18.4. The van der Waals surface area contributed by atoms with Gasteiger partial charge in [0.2, 0.25) is 0 Å². The number of carbonyl (C=O) groups is 2. The van der Waals surface area contributed by atoms with Crippen LogP contribution in [0.25, 0.3) is 0 Å². The van der Waals surface area contributed by atoms with E-state index in [1.165, 1.54) is 0 Å². The minimum absolute atomic E-state index is 0. The summed E-state index contributed by atoms with van der Waals surface area (Å²) in [6.45, 7) is -0.778. The van der Waals surface area contributed by atoms with E-state index in [0.29, 0.717) is 0 Å². The van der Waals surface area contributed by atoms with Crippen LogP contribution in [0.4, 0.5) is 0 Å². The average Bonchev–Trinajstić information content (AvgIpc) is 1.89. The van der Waals surface area contributed by atoms with Gasteiger partial charge in [-0.25, -0.2) is 0 Å². The van der Waals surface area contributed by atoms with Crippen molar-refractivity contribution >= 4 is 11.9 Å². The smallest absolute Gasteiger partial charge is 0.549 e. The Morgan fingerprint density at radius 3 is 1.09 bits per heavy atom.